The SMILES string of the molecule is Clc1cccc2c1N[C@H](c1ccccc1)[C@@H]1CCCO[C@@H]21. The Balaban J connectivity index is 1.81. The Hall–Kier alpha value is -1.51. The monoisotopic (exact) mass is 299 g/mol. The van der Waals surface area contributed by atoms with Gasteiger partial charge in [-0.3, -0.25) is 0 Å². The maximum absolute atomic E-state index is 6.41. The molecular formula is C18H18ClNO. The quantitative estimate of drug-likeness (QED) is 0.802. The van der Waals surface area contributed by atoms with Gasteiger partial charge in [-0.15, -0.1) is 0 Å². The van der Waals surface area contributed by atoms with Gasteiger partial charge in [-0.05, 0) is 24.5 Å². The van der Waals surface area contributed by atoms with E-state index >= 15 is 0 Å². The minimum absolute atomic E-state index is 0.152. The van der Waals surface area contributed by atoms with Crippen molar-refractivity contribution in [2.75, 3.05) is 11.9 Å². The summed E-state index contributed by atoms with van der Waals surface area (Å²) in [5.41, 5.74) is 3.55. The normalized spacial score (nSPS) is 27.4. The Bertz CT molecular complexity index is 643. The molecule has 0 aromatic heterocycles. The van der Waals surface area contributed by atoms with Crippen molar-refractivity contribution >= 4 is 17.3 Å². The summed E-state index contributed by atoms with van der Waals surface area (Å²) in [4.78, 5) is 0. The topological polar surface area (TPSA) is 21.3 Å². The van der Waals surface area contributed by atoms with Crippen LogP contribution in [0.25, 0.3) is 0 Å². The van der Waals surface area contributed by atoms with E-state index in [2.05, 4.69) is 41.7 Å². The number of hydrogen-bond acceptors (Lipinski definition) is 2. The summed E-state index contributed by atoms with van der Waals surface area (Å²) in [5.74, 6) is 0.465. The maximum atomic E-state index is 6.41. The molecule has 3 heteroatoms. The first-order valence-electron chi connectivity index (χ1n) is 7.56. The molecule has 0 unspecified atom stereocenters. The lowest BCUT2D eigenvalue weighted by molar-refractivity contribution is -0.0381. The van der Waals surface area contributed by atoms with E-state index in [4.69, 9.17) is 16.3 Å². The van der Waals surface area contributed by atoms with Crippen molar-refractivity contribution in [1.82, 2.24) is 0 Å². The van der Waals surface area contributed by atoms with Crippen LogP contribution in [0.2, 0.25) is 5.02 Å². The summed E-state index contributed by atoms with van der Waals surface area (Å²) in [6.45, 7) is 0.842. The van der Waals surface area contributed by atoms with Crippen molar-refractivity contribution in [2.45, 2.75) is 25.0 Å². The van der Waals surface area contributed by atoms with Crippen LogP contribution in [0.3, 0.4) is 0 Å². The van der Waals surface area contributed by atoms with E-state index in [1.54, 1.807) is 0 Å². The zero-order valence-corrected chi connectivity index (χ0v) is 12.5. The maximum Gasteiger partial charge on any atom is 0.0896 e. The van der Waals surface area contributed by atoms with Gasteiger partial charge in [-0.1, -0.05) is 54.1 Å². The Morgan fingerprint density at radius 3 is 2.76 bits per heavy atom. The molecule has 0 bridgehead atoms. The zero-order valence-electron chi connectivity index (χ0n) is 11.8. The molecule has 0 radical (unpaired) electrons. The Morgan fingerprint density at radius 1 is 1.05 bits per heavy atom. The Morgan fingerprint density at radius 2 is 1.90 bits per heavy atom. The number of para-hydroxylation sites is 1. The molecule has 2 aromatic rings. The molecule has 2 nitrogen and oxygen atoms in total. The predicted molar refractivity (Wildman–Crippen MR) is 85.7 cm³/mol. The number of fused-ring (bicyclic) bond motifs is 3. The summed E-state index contributed by atoms with van der Waals surface area (Å²) in [6.07, 6.45) is 2.46. The van der Waals surface area contributed by atoms with Gasteiger partial charge in [0.05, 0.1) is 22.9 Å². The molecule has 0 aliphatic carbocycles. The van der Waals surface area contributed by atoms with E-state index in [9.17, 15) is 0 Å². The summed E-state index contributed by atoms with van der Waals surface area (Å²) >= 11 is 6.41. The van der Waals surface area contributed by atoms with Crippen LogP contribution in [0.15, 0.2) is 48.5 Å². The third-order valence-electron chi connectivity index (χ3n) is 4.61. The van der Waals surface area contributed by atoms with E-state index in [0.717, 1.165) is 23.7 Å². The van der Waals surface area contributed by atoms with Crippen LogP contribution in [-0.4, -0.2) is 6.61 Å². The molecule has 0 saturated carbocycles. The van der Waals surface area contributed by atoms with Gasteiger partial charge >= 0.3 is 0 Å². The first-order valence-corrected chi connectivity index (χ1v) is 7.94. The van der Waals surface area contributed by atoms with Gasteiger partial charge in [-0.25, -0.2) is 0 Å². The van der Waals surface area contributed by atoms with Crippen LogP contribution in [0.4, 0.5) is 5.69 Å². The molecule has 1 saturated heterocycles. The first-order chi connectivity index (χ1) is 10.3. The molecule has 2 aliphatic rings. The lowest BCUT2D eigenvalue weighted by atomic mass is 9.77. The number of anilines is 1. The summed E-state index contributed by atoms with van der Waals surface area (Å²) in [7, 11) is 0. The summed E-state index contributed by atoms with van der Waals surface area (Å²) < 4.78 is 6.12. The fourth-order valence-corrected chi connectivity index (χ4v) is 3.89. The Labute approximate surface area is 130 Å². The van der Waals surface area contributed by atoms with Crippen molar-refractivity contribution < 1.29 is 4.74 Å². The minimum atomic E-state index is 0.152. The molecule has 2 aliphatic heterocycles. The standard InChI is InChI=1S/C18H18ClNO/c19-15-10-4-8-14-17(15)20-16(12-6-2-1-3-7-12)13-9-5-11-21-18(13)14/h1-4,6-8,10,13,16,18,20H,5,9,11H2/t13-,16+,18+/m0/s1. The number of halogens is 1. The molecular weight excluding hydrogens is 282 g/mol. The zero-order chi connectivity index (χ0) is 14.2. The van der Waals surface area contributed by atoms with Crippen LogP contribution in [-0.2, 0) is 4.74 Å². The van der Waals surface area contributed by atoms with E-state index < -0.39 is 0 Å². The highest BCUT2D eigenvalue weighted by atomic mass is 35.5. The molecule has 0 spiro atoms. The minimum Gasteiger partial charge on any atom is -0.376 e. The van der Waals surface area contributed by atoms with E-state index in [0.29, 0.717) is 5.92 Å². The molecule has 3 atom stereocenters. The largest absolute Gasteiger partial charge is 0.376 e. The van der Waals surface area contributed by atoms with Crippen LogP contribution >= 0.6 is 11.6 Å². The predicted octanol–water partition coefficient (Wildman–Crippen LogP) is 4.97. The van der Waals surface area contributed by atoms with Gasteiger partial charge in [0, 0.05) is 18.1 Å². The summed E-state index contributed by atoms with van der Waals surface area (Å²) in [6, 6.07) is 17.0. The van der Waals surface area contributed by atoms with E-state index in [1.165, 1.54) is 17.5 Å². The van der Waals surface area contributed by atoms with Crippen molar-refractivity contribution in [2.24, 2.45) is 5.92 Å². The first kappa shape index (κ1) is 13.2. The fraction of sp³-hybridized carbons (Fsp3) is 0.333. The van der Waals surface area contributed by atoms with Gasteiger partial charge < -0.3 is 10.1 Å². The molecule has 1 fully saturated rings. The molecule has 4 rings (SSSR count). The number of ether oxygens (including phenoxy) is 1. The smallest absolute Gasteiger partial charge is 0.0896 e. The van der Waals surface area contributed by atoms with Gasteiger partial charge in [0.25, 0.3) is 0 Å². The lowest BCUT2D eigenvalue weighted by Crippen LogP contribution is -2.36. The highest BCUT2D eigenvalue weighted by Crippen LogP contribution is 2.50. The molecule has 2 heterocycles. The Kier molecular flexibility index (Phi) is 3.36. The number of hydrogen-bond donors (Lipinski definition) is 1. The van der Waals surface area contributed by atoms with Gasteiger partial charge in [0.15, 0.2) is 0 Å². The molecule has 21 heavy (non-hydrogen) atoms. The van der Waals surface area contributed by atoms with Gasteiger partial charge in [0.2, 0.25) is 0 Å². The molecule has 0 amide bonds. The average Bonchev–Trinajstić information content (AvgIpc) is 2.55. The number of nitrogens with one attached hydrogen (secondary N) is 1. The lowest BCUT2D eigenvalue weighted by Gasteiger charge is -2.43. The van der Waals surface area contributed by atoms with E-state index in [1.807, 2.05) is 12.1 Å². The molecule has 2 aromatic carbocycles. The third-order valence-corrected chi connectivity index (χ3v) is 4.92. The number of rotatable bonds is 1. The fourth-order valence-electron chi connectivity index (χ4n) is 3.65. The van der Waals surface area contributed by atoms with Crippen molar-refractivity contribution in [1.29, 1.82) is 0 Å². The molecule has 1 N–H and O–H groups in total. The van der Waals surface area contributed by atoms with E-state index in [-0.39, 0.29) is 12.1 Å². The number of benzene rings is 2. The second-order valence-corrected chi connectivity index (χ2v) is 6.24. The van der Waals surface area contributed by atoms with Crippen molar-refractivity contribution in [3.05, 3.63) is 64.7 Å². The van der Waals surface area contributed by atoms with Crippen LogP contribution in [0.1, 0.15) is 36.1 Å². The van der Waals surface area contributed by atoms with Crippen LogP contribution in [0.5, 0.6) is 0 Å². The second kappa shape index (κ2) is 5.36. The van der Waals surface area contributed by atoms with Crippen LogP contribution < -0.4 is 5.32 Å². The highest BCUT2D eigenvalue weighted by molar-refractivity contribution is 6.33. The molecule has 108 valence electrons. The second-order valence-electron chi connectivity index (χ2n) is 5.83. The third kappa shape index (κ3) is 2.23. The average molecular weight is 300 g/mol. The van der Waals surface area contributed by atoms with Crippen molar-refractivity contribution in [3.63, 3.8) is 0 Å². The highest BCUT2D eigenvalue weighted by Gasteiger charge is 2.40. The summed E-state index contributed by atoms with van der Waals surface area (Å²) in [5, 5.41) is 4.45. The van der Waals surface area contributed by atoms with Crippen LogP contribution in [0, 0.1) is 5.92 Å². The van der Waals surface area contributed by atoms with Gasteiger partial charge in [-0.2, -0.15) is 0 Å². The van der Waals surface area contributed by atoms with Crippen molar-refractivity contribution in [3.8, 4) is 0 Å². The van der Waals surface area contributed by atoms with Gasteiger partial charge in [0.1, 0.15) is 0 Å².